The Morgan fingerprint density at radius 3 is 2.88 bits per heavy atom. The van der Waals surface area contributed by atoms with Gasteiger partial charge in [0.2, 0.25) is 0 Å². The second-order valence-electron chi connectivity index (χ2n) is 7.46. The normalized spacial score (nSPS) is 22.7. The van der Waals surface area contributed by atoms with E-state index in [2.05, 4.69) is 46.5 Å². The van der Waals surface area contributed by atoms with Crippen LogP contribution in [0.15, 0.2) is 29.3 Å². The molecule has 138 valence electrons. The molecule has 2 N–H and O–H groups in total. The van der Waals surface area contributed by atoms with E-state index in [-0.39, 0.29) is 6.10 Å². The predicted molar refractivity (Wildman–Crippen MR) is 103 cm³/mol. The van der Waals surface area contributed by atoms with Gasteiger partial charge in [-0.2, -0.15) is 0 Å². The molecule has 0 bridgehead atoms. The van der Waals surface area contributed by atoms with Gasteiger partial charge in [-0.1, -0.05) is 12.1 Å². The molecular formula is C20H32N4O. The van der Waals surface area contributed by atoms with Gasteiger partial charge in [0.1, 0.15) is 11.9 Å². The number of rotatable bonds is 7. The minimum absolute atomic E-state index is 0.0807. The van der Waals surface area contributed by atoms with Crippen LogP contribution in [-0.4, -0.2) is 56.2 Å². The summed E-state index contributed by atoms with van der Waals surface area (Å²) in [5, 5.41) is 6.85. The minimum atomic E-state index is 0.0807. The van der Waals surface area contributed by atoms with Gasteiger partial charge >= 0.3 is 0 Å². The van der Waals surface area contributed by atoms with E-state index in [9.17, 15) is 0 Å². The number of hydrogen-bond donors (Lipinski definition) is 2. The number of benzene rings is 1. The lowest BCUT2D eigenvalue weighted by atomic mass is 10.1. The Labute approximate surface area is 151 Å². The highest BCUT2D eigenvalue weighted by Gasteiger charge is 2.34. The van der Waals surface area contributed by atoms with E-state index >= 15 is 0 Å². The maximum atomic E-state index is 5.96. The molecule has 3 rings (SSSR count). The van der Waals surface area contributed by atoms with E-state index in [4.69, 9.17) is 4.74 Å². The average Bonchev–Trinajstić information content (AvgIpc) is 3.34. The van der Waals surface area contributed by atoms with Crippen molar-refractivity contribution in [2.45, 2.75) is 45.3 Å². The van der Waals surface area contributed by atoms with Gasteiger partial charge in [-0.25, -0.2) is 0 Å². The van der Waals surface area contributed by atoms with Gasteiger partial charge in [0.05, 0.1) is 6.54 Å². The van der Waals surface area contributed by atoms with Crippen LogP contribution in [0.25, 0.3) is 0 Å². The fourth-order valence-electron chi connectivity index (χ4n) is 3.47. The van der Waals surface area contributed by atoms with Gasteiger partial charge < -0.3 is 20.3 Å². The third-order valence-electron chi connectivity index (χ3n) is 5.05. The largest absolute Gasteiger partial charge is 0.489 e. The predicted octanol–water partition coefficient (Wildman–Crippen LogP) is 2.41. The highest BCUT2D eigenvalue weighted by Crippen LogP contribution is 2.31. The van der Waals surface area contributed by atoms with Crippen molar-refractivity contribution >= 4 is 5.96 Å². The number of nitrogens with one attached hydrogen (secondary N) is 2. The molecule has 1 heterocycles. The van der Waals surface area contributed by atoms with E-state index in [1.165, 1.54) is 37.9 Å². The summed E-state index contributed by atoms with van der Waals surface area (Å²) in [4.78, 5) is 6.99. The lowest BCUT2D eigenvalue weighted by molar-refractivity contribution is 0.223. The van der Waals surface area contributed by atoms with Crippen LogP contribution in [0.4, 0.5) is 0 Å². The quantitative estimate of drug-likeness (QED) is 0.589. The second kappa shape index (κ2) is 8.56. The molecule has 5 heteroatoms. The van der Waals surface area contributed by atoms with Crippen LogP contribution in [0.1, 0.15) is 31.7 Å². The zero-order valence-corrected chi connectivity index (χ0v) is 15.8. The second-order valence-corrected chi connectivity index (χ2v) is 7.46. The van der Waals surface area contributed by atoms with E-state index in [1.807, 2.05) is 19.2 Å². The minimum Gasteiger partial charge on any atom is -0.489 e. The summed E-state index contributed by atoms with van der Waals surface area (Å²) >= 11 is 0. The van der Waals surface area contributed by atoms with E-state index in [0.29, 0.717) is 0 Å². The number of nitrogens with zero attached hydrogens (tertiary/aromatic N) is 2. The first kappa shape index (κ1) is 18.1. The fraction of sp³-hybridized carbons (Fsp3) is 0.650. The van der Waals surface area contributed by atoms with Gasteiger partial charge in [-0.15, -0.1) is 0 Å². The molecule has 1 saturated carbocycles. The summed E-state index contributed by atoms with van der Waals surface area (Å²) in [6.45, 7) is 8.39. The van der Waals surface area contributed by atoms with Crippen LogP contribution in [0, 0.1) is 12.8 Å². The Morgan fingerprint density at radius 1 is 1.32 bits per heavy atom. The molecule has 25 heavy (non-hydrogen) atoms. The van der Waals surface area contributed by atoms with Crippen molar-refractivity contribution in [2.24, 2.45) is 10.9 Å². The Balaban J connectivity index is 1.35. The molecule has 1 aromatic rings. The molecule has 1 saturated heterocycles. The number of hydrogen-bond acceptors (Lipinski definition) is 3. The summed E-state index contributed by atoms with van der Waals surface area (Å²) < 4.78 is 5.96. The first-order valence-corrected chi connectivity index (χ1v) is 9.56. The Hall–Kier alpha value is -1.75. The van der Waals surface area contributed by atoms with Crippen molar-refractivity contribution < 1.29 is 4.74 Å². The Morgan fingerprint density at radius 2 is 2.16 bits per heavy atom. The molecule has 2 aliphatic rings. The summed E-state index contributed by atoms with van der Waals surface area (Å²) in [5.74, 6) is 2.52. The number of aliphatic imine (C=N–C) groups is 1. The molecule has 5 nitrogen and oxygen atoms in total. The van der Waals surface area contributed by atoms with Crippen LogP contribution in [-0.2, 0) is 0 Å². The molecule has 0 aromatic heterocycles. The number of guanidine groups is 1. The van der Waals surface area contributed by atoms with Gasteiger partial charge in [0, 0.05) is 26.2 Å². The SMILES string of the molecule is CN=C(NCC1CCN(C2CC2)C1)NCC(C)Oc1cccc(C)c1. The highest BCUT2D eigenvalue weighted by molar-refractivity contribution is 5.79. The maximum absolute atomic E-state index is 5.96. The highest BCUT2D eigenvalue weighted by atomic mass is 16.5. The molecule has 1 aliphatic heterocycles. The molecule has 2 unspecified atom stereocenters. The van der Waals surface area contributed by atoms with Crippen molar-refractivity contribution in [1.29, 1.82) is 0 Å². The van der Waals surface area contributed by atoms with Crippen molar-refractivity contribution in [3.8, 4) is 5.75 Å². The standard InChI is InChI=1S/C20H32N4O/c1-15-5-4-6-19(11-15)25-16(2)12-22-20(21-3)23-13-17-9-10-24(14-17)18-7-8-18/h4-6,11,16-18H,7-10,12-14H2,1-3H3,(H2,21,22,23). The molecule has 0 radical (unpaired) electrons. The summed E-state index contributed by atoms with van der Waals surface area (Å²) in [5.41, 5.74) is 1.21. The monoisotopic (exact) mass is 344 g/mol. The lowest BCUT2D eigenvalue weighted by Gasteiger charge is -2.19. The smallest absolute Gasteiger partial charge is 0.191 e. The zero-order valence-electron chi connectivity index (χ0n) is 15.8. The van der Waals surface area contributed by atoms with Gasteiger partial charge in [-0.05, 0) is 63.3 Å². The first-order chi connectivity index (χ1) is 12.1. The van der Waals surface area contributed by atoms with Crippen molar-refractivity contribution in [1.82, 2.24) is 15.5 Å². The van der Waals surface area contributed by atoms with Crippen LogP contribution in [0.5, 0.6) is 5.75 Å². The van der Waals surface area contributed by atoms with Gasteiger partial charge in [0.15, 0.2) is 5.96 Å². The molecule has 0 spiro atoms. The van der Waals surface area contributed by atoms with Gasteiger partial charge in [-0.3, -0.25) is 4.99 Å². The van der Waals surface area contributed by atoms with Crippen molar-refractivity contribution in [3.05, 3.63) is 29.8 Å². The summed E-state index contributed by atoms with van der Waals surface area (Å²) in [7, 11) is 1.83. The van der Waals surface area contributed by atoms with Crippen LogP contribution < -0.4 is 15.4 Å². The third-order valence-corrected chi connectivity index (χ3v) is 5.05. The van der Waals surface area contributed by atoms with Crippen LogP contribution >= 0.6 is 0 Å². The first-order valence-electron chi connectivity index (χ1n) is 9.56. The van der Waals surface area contributed by atoms with Crippen LogP contribution in [0.3, 0.4) is 0 Å². The lowest BCUT2D eigenvalue weighted by Crippen LogP contribution is -2.43. The van der Waals surface area contributed by atoms with Crippen LogP contribution in [0.2, 0.25) is 0 Å². The maximum Gasteiger partial charge on any atom is 0.191 e. The topological polar surface area (TPSA) is 48.9 Å². The Bertz CT molecular complexity index is 585. The summed E-state index contributed by atoms with van der Waals surface area (Å²) in [6, 6.07) is 9.06. The number of aryl methyl sites for hydroxylation is 1. The van der Waals surface area contributed by atoms with Gasteiger partial charge in [0.25, 0.3) is 0 Å². The number of likely N-dealkylation sites (tertiary alicyclic amines) is 1. The van der Waals surface area contributed by atoms with E-state index in [1.54, 1.807) is 0 Å². The third kappa shape index (κ3) is 5.63. The number of ether oxygens (including phenoxy) is 1. The van der Waals surface area contributed by atoms with Crippen molar-refractivity contribution in [3.63, 3.8) is 0 Å². The molecule has 2 atom stereocenters. The zero-order chi connectivity index (χ0) is 17.6. The Kier molecular flexibility index (Phi) is 6.19. The molecule has 1 aromatic carbocycles. The molecular weight excluding hydrogens is 312 g/mol. The van der Waals surface area contributed by atoms with Crippen molar-refractivity contribution in [2.75, 3.05) is 33.2 Å². The van der Waals surface area contributed by atoms with E-state index in [0.717, 1.165) is 36.8 Å². The molecule has 0 amide bonds. The fourth-order valence-corrected chi connectivity index (χ4v) is 3.47. The summed E-state index contributed by atoms with van der Waals surface area (Å²) in [6.07, 6.45) is 4.19. The molecule has 2 fully saturated rings. The average molecular weight is 345 g/mol. The van der Waals surface area contributed by atoms with E-state index < -0.39 is 0 Å². The molecule has 1 aliphatic carbocycles.